The van der Waals surface area contributed by atoms with Gasteiger partial charge in [0.15, 0.2) is 0 Å². The number of pyridine rings is 1. The second kappa shape index (κ2) is 9.81. The topological polar surface area (TPSA) is 112 Å². The van der Waals surface area contributed by atoms with Gasteiger partial charge in [-0.15, -0.1) is 0 Å². The van der Waals surface area contributed by atoms with Gasteiger partial charge in [-0.25, -0.2) is 4.79 Å². The van der Waals surface area contributed by atoms with Crippen molar-refractivity contribution < 1.29 is 19.2 Å². The molecular formula is C24H27N5O4. The lowest BCUT2D eigenvalue weighted by Crippen LogP contribution is -2.59. The first-order valence-electron chi connectivity index (χ1n) is 11.1. The average Bonchev–Trinajstić information content (AvgIpc) is 3.16. The first kappa shape index (κ1) is 22.4. The number of rotatable bonds is 7. The van der Waals surface area contributed by atoms with Crippen molar-refractivity contribution in [3.63, 3.8) is 0 Å². The minimum atomic E-state index is -0.719. The van der Waals surface area contributed by atoms with E-state index in [-0.39, 0.29) is 24.7 Å². The van der Waals surface area contributed by atoms with Gasteiger partial charge in [0.2, 0.25) is 11.8 Å². The van der Waals surface area contributed by atoms with Crippen LogP contribution in [-0.4, -0.2) is 70.3 Å². The molecule has 0 saturated carbocycles. The predicted octanol–water partition coefficient (Wildman–Crippen LogP) is 1.34. The molecule has 0 bridgehead atoms. The normalized spacial score (nSPS) is 20.6. The van der Waals surface area contributed by atoms with Crippen molar-refractivity contribution >= 4 is 23.8 Å². The molecule has 2 aliphatic rings. The quantitative estimate of drug-likeness (QED) is 0.620. The number of carbonyl (C=O) groups is 4. The van der Waals surface area contributed by atoms with E-state index in [1.807, 2.05) is 43.3 Å². The fourth-order valence-corrected chi connectivity index (χ4v) is 4.36. The first-order chi connectivity index (χ1) is 16.0. The maximum absolute atomic E-state index is 13.2. The van der Waals surface area contributed by atoms with Crippen LogP contribution in [-0.2, 0) is 20.8 Å². The molecule has 2 saturated heterocycles. The molecular weight excluding hydrogens is 422 g/mol. The van der Waals surface area contributed by atoms with Gasteiger partial charge >= 0.3 is 6.03 Å². The molecule has 0 spiro atoms. The SMILES string of the molecule is CCN1CCN(C(=O)CC[C@@H]2NC(=O)NC2=O)[C@H](Cc2cccc(-c3cccnc3)c2)C1=O. The Kier molecular flexibility index (Phi) is 6.67. The molecule has 2 aromatic rings. The largest absolute Gasteiger partial charge is 0.339 e. The summed E-state index contributed by atoms with van der Waals surface area (Å²) in [7, 11) is 0. The van der Waals surface area contributed by atoms with E-state index in [0.717, 1.165) is 16.7 Å². The van der Waals surface area contributed by atoms with E-state index in [4.69, 9.17) is 0 Å². The van der Waals surface area contributed by atoms with Crippen molar-refractivity contribution in [2.24, 2.45) is 0 Å². The molecule has 0 unspecified atom stereocenters. The third-order valence-electron chi connectivity index (χ3n) is 6.14. The highest BCUT2D eigenvalue weighted by atomic mass is 16.2. The second-order valence-corrected chi connectivity index (χ2v) is 8.22. The molecule has 2 N–H and O–H groups in total. The lowest BCUT2D eigenvalue weighted by molar-refractivity contribution is -0.151. The zero-order chi connectivity index (χ0) is 23.4. The molecule has 33 heavy (non-hydrogen) atoms. The van der Waals surface area contributed by atoms with E-state index in [1.54, 1.807) is 22.2 Å². The summed E-state index contributed by atoms with van der Waals surface area (Å²) in [6.07, 6.45) is 4.18. The summed E-state index contributed by atoms with van der Waals surface area (Å²) < 4.78 is 0. The highest BCUT2D eigenvalue weighted by Crippen LogP contribution is 2.23. The van der Waals surface area contributed by atoms with Gasteiger partial charge in [0.25, 0.3) is 5.91 Å². The van der Waals surface area contributed by atoms with Crippen LogP contribution >= 0.6 is 0 Å². The molecule has 2 aliphatic heterocycles. The van der Waals surface area contributed by atoms with Gasteiger partial charge in [-0.2, -0.15) is 0 Å². The smallest absolute Gasteiger partial charge is 0.322 e. The Bertz CT molecular complexity index is 1060. The summed E-state index contributed by atoms with van der Waals surface area (Å²) in [5.74, 6) is -0.694. The van der Waals surface area contributed by atoms with Gasteiger partial charge < -0.3 is 15.1 Å². The van der Waals surface area contributed by atoms with Crippen molar-refractivity contribution in [1.29, 1.82) is 0 Å². The Labute approximate surface area is 192 Å². The summed E-state index contributed by atoms with van der Waals surface area (Å²) in [6, 6.07) is 9.89. The standard InChI is InChI=1S/C24H27N5O4/c1-2-28-11-12-29(21(30)9-8-19-22(31)27-24(33)26-19)20(23(28)32)14-16-5-3-6-17(13-16)18-7-4-10-25-15-18/h3-7,10,13,15,19-20H,2,8-9,11-12,14H2,1H3,(H2,26,27,31,33)/t19-,20+/m0/s1. The fraction of sp³-hybridized carbons (Fsp3) is 0.375. The number of nitrogens with one attached hydrogen (secondary N) is 2. The maximum Gasteiger partial charge on any atom is 0.322 e. The van der Waals surface area contributed by atoms with Crippen molar-refractivity contribution in [3.8, 4) is 11.1 Å². The zero-order valence-corrected chi connectivity index (χ0v) is 18.5. The van der Waals surface area contributed by atoms with E-state index in [2.05, 4.69) is 15.6 Å². The van der Waals surface area contributed by atoms with Crippen LogP contribution in [0.5, 0.6) is 0 Å². The van der Waals surface area contributed by atoms with Crippen molar-refractivity contribution in [2.75, 3.05) is 19.6 Å². The molecule has 172 valence electrons. The molecule has 9 nitrogen and oxygen atoms in total. The van der Waals surface area contributed by atoms with Crippen LogP contribution in [0.15, 0.2) is 48.8 Å². The van der Waals surface area contributed by atoms with Crippen LogP contribution < -0.4 is 10.6 Å². The van der Waals surface area contributed by atoms with Crippen molar-refractivity contribution in [2.45, 2.75) is 38.3 Å². The number of imide groups is 1. The van der Waals surface area contributed by atoms with Gasteiger partial charge in [0.05, 0.1) is 0 Å². The number of benzene rings is 1. The summed E-state index contributed by atoms with van der Waals surface area (Å²) in [6.45, 7) is 3.43. The molecule has 1 aromatic carbocycles. The number of likely N-dealkylation sites (N-methyl/N-ethyl adjacent to an activating group) is 1. The summed E-state index contributed by atoms with van der Waals surface area (Å²) >= 11 is 0. The van der Waals surface area contributed by atoms with E-state index in [1.165, 1.54) is 0 Å². The number of nitrogens with zero attached hydrogens (tertiary/aromatic N) is 3. The Hall–Kier alpha value is -3.75. The molecule has 4 rings (SSSR count). The van der Waals surface area contributed by atoms with Gasteiger partial charge in [-0.3, -0.25) is 24.7 Å². The molecule has 3 heterocycles. The third-order valence-corrected chi connectivity index (χ3v) is 6.14. The number of hydrogen-bond acceptors (Lipinski definition) is 5. The summed E-state index contributed by atoms with van der Waals surface area (Å²) in [5, 5.41) is 4.68. The number of aromatic nitrogens is 1. The number of piperazine rings is 1. The Morgan fingerprint density at radius 3 is 2.64 bits per heavy atom. The minimum Gasteiger partial charge on any atom is -0.339 e. The van der Waals surface area contributed by atoms with E-state index in [9.17, 15) is 19.2 Å². The van der Waals surface area contributed by atoms with Crippen LogP contribution in [0.4, 0.5) is 4.79 Å². The second-order valence-electron chi connectivity index (χ2n) is 8.22. The highest BCUT2D eigenvalue weighted by molar-refractivity contribution is 6.04. The zero-order valence-electron chi connectivity index (χ0n) is 18.5. The lowest BCUT2D eigenvalue weighted by Gasteiger charge is -2.40. The van der Waals surface area contributed by atoms with Crippen LogP contribution in [0, 0.1) is 0 Å². The van der Waals surface area contributed by atoms with Gasteiger partial charge in [-0.1, -0.05) is 30.3 Å². The molecule has 1 aromatic heterocycles. The lowest BCUT2D eigenvalue weighted by atomic mass is 9.97. The number of amides is 5. The fourth-order valence-electron chi connectivity index (χ4n) is 4.36. The minimum absolute atomic E-state index is 0.0733. The molecule has 5 amide bonds. The van der Waals surface area contributed by atoms with Gasteiger partial charge in [-0.05, 0) is 36.1 Å². The number of hydrogen-bond donors (Lipinski definition) is 2. The summed E-state index contributed by atoms with van der Waals surface area (Å²) in [4.78, 5) is 56.9. The van der Waals surface area contributed by atoms with Gasteiger partial charge in [0, 0.05) is 44.9 Å². The monoisotopic (exact) mass is 449 g/mol. The van der Waals surface area contributed by atoms with Crippen LogP contribution in [0.3, 0.4) is 0 Å². The van der Waals surface area contributed by atoms with E-state index < -0.39 is 24.0 Å². The van der Waals surface area contributed by atoms with Crippen LogP contribution in [0.25, 0.3) is 11.1 Å². The Morgan fingerprint density at radius 1 is 1.12 bits per heavy atom. The van der Waals surface area contributed by atoms with Crippen molar-refractivity contribution in [3.05, 3.63) is 54.4 Å². The predicted molar refractivity (Wildman–Crippen MR) is 121 cm³/mol. The molecule has 2 fully saturated rings. The molecule has 0 aliphatic carbocycles. The maximum atomic E-state index is 13.2. The Balaban J connectivity index is 1.50. The molecule has 9 heteroatoms. The van der Waals surface area contributed by atoms with Crippen LogP contribution in [0.1, 0.15) is 25.3 Å². The molecule has 0 radical (unpaired) electrons. The average molecular weight is 450 g/mol. The molecule has 2 atom stereocenters. The summed E-state index contributed by atoms with van der Waals surface area (Å²) in [5.41, 5.74) is 2.93. The third kappa shape index (κ3) is 5.02. The van der Waals surface area contributed by atoms with Crippen molar-refractivity contribution in [1.82, 2.24) is 25.4 Å². The van der Waals surface area contributed by atoms with E-state index >= 15 is 0 Å². The number of carbonyl (C=O) groups excluding carboxylic acids is 4. The van der Waals surface area contributed by atoms with Gasteiger partial charge in [0.1, 0.15) is 12.1 Å². The number of urea groups is 1. The Morgan fingerprint density at radius 2 is 1.94 bits per heavy atom. The van der Waals surface area contributed by atoms with E-state index in [0.29, 0.717) is 26.1 Å². The first-order valence-corrected chi connectivity index (χ1v) is 11.1. The highest BCUT2D eigenvalue weighted by Gasteiger charge is 2.37. The van der Waals surface area contributed by atoms with Crippen LogP contribution in [0.2, 0.25) is 0 Å².